The second-order valence-corrected chi connectivity index (χ2v) is 8.71. The van der Waals surface area contributed by atoms with Crippen molar-refractivity contribution in [2.45, 2.75) is 39.9 Å². The predicted molar refractivity (Wildman–Crippen MR) is 52.1 cm³/mol. The average Bonchev–Trinajstić information content (AvgIpc) is 1.78. The highest BCUT2D eigenvalue weighted by atomic mass is 32.1. The minimum atomic E-state index is -4.62. The fourth-order valence-corrected chi connectivity index (χ4v) is 3.85. The van der Waals surface area contributed by atoms with Gasteiger partial charge in [0.1, 0.15) is 0 Å². The zero-order chi connectivity index (χ0) is 11.6. The van der Waals surface area contributed by atoms with Crippen molar-refractivity contribution in [2.24, 2.45) is 0 Å². The van der Waals surface area contributed by atoms with E-state index in [0.717, 1.165) is 0 Å². The van der Waals surface area contributed by atoms with Gasteiger partial charge >= 0.3 is 14.6 Å². The maximum Gasteiger partial charge on any atom is 0.438 e. The van der Waals surface area contributed by atoms with E-state index in [9.17, 15) is 9.13 Å². The largest absolute Gasteiger partial charge is 0.438 e. The smallest absolute Gasteiger partial charge is 0.316 e. The van der Waals surface area contributed by atoms with Crippen molar-refractivity contribution in [1.29, 1.82) is 0 Å². The Bertz CT molecular complexity index is 245. The van der Waals surface area contributed by atoms with E-state index in [1.54, 1.807) is 0 Å². The Hall–Kier alpha value is 0.300. The number of hydrogen-bond donors (Lipinski definition) is 2. The monoisotopic (exact) mass is 246 g/mol. The van der Waals surface area contributed by atoms with Crippen molar-refractivity contribution >= 4 is 14.6 Å². The number of rotatable bonds is 5. The Kier molecular flexibility index (Phi) is 4.99. The fraction of sp³-hybridized carbons (Fsp3) is 1.00. The summed E-state index contributed by atoms with van der Waals surface area (Å²) in [5.74, 6) is 0. The molecule has 0 amide bonds. The van der Waals surface area contributed by atoms with Crippen LogP contribution in [0.3, 0.4) is 0 Å². The predicted octanol–water partition coefficient (Wildman–Crippen LogP) is 2.12. The first-order valence-electron chi connectivity index (χ1n) is 4.11. The van der Waals surface area contributed by atoms with E-state index in [0.29, 0.717) is 0 Å². The van der Waals surface area contributed by atoms with Crippen LogP contribution in [0, 0.1) is 0 Å². The molecule has 0 fully saturated rings. The standard InChI is InChI=1S/C6H16O6P2/c1-5(2)11-13(7,8)14(9,10)12-6(3)4/h5-6H,1-4H3,(H,7,8)(H,9,10). The fourth-order valence-electron chi connectivity index (χ4n) is 0.668. The van der Waals surface area contributed by atoms with Gasteiger partial charge in [0, 0.05) is 0 Å². The van der Waals surface area contributed by atoms with Crippen LogP contribution in [0.25, 0.3) is 0 Å². The van der Waals surface area contributed by atoms with Crippen LogP contribution in [0.4, 0.5) is 0 Å². The molecule has 0 bridgehead atoms. The van der Waals surface area contributed by atoms with E-state index < -0.39 is 26.8 Å². The third-order valence-corrected chi connectivity index (χ3v) is 5.53. The van der Waals surface area contributed by atoms with Crippen molar-refractivity contribution in [3.05, 3.63) is 0 Å². The van der Waals surface area contributed by atoms with Crippen LogP contribution in [0.1, 0.15) is 27.7 Å². The lowest BCUT2D eigenvalue weighted by molar-refractivity contribution is 0.181. The molecule has 2 unspecified atom stereocenters. The van der Waals surface area contributed by atoms with Crippen LogP contribution < -0.4 is 0 Å². The highest BCUT2D eigenvalue weighted by Crippen LogP contribution is 2.78. The maximum absolute atomic E-state index is 11.3. The molecule has 0 aromatic rings. The van der Waals surface area contributed by atoms with Gasteiger partial charge in [0.05, 0.1) is 12.2 Å². The second-order valence-electron chi connectivity index (χ2n) is 3.29. The molecule has 0 aliphatic heterocycles. The molecular weight excluding hydrogens is 230 g/mol. The van der Waals surface area contributed by atoms with Crippen molar-refractivity contribution in [1.82, 2.24) is 0 Å². The molecule has 2 N–H and O–H groups in total. The Balaban J connectivity index is 4.71. The highest BCUT2D eigenvalue weighted by molar-refractivity contribution is 8.26. The summed E-state index contributed by atoms with van der Waals surface area (Å²) in [5.41, 5.74) is 0. The van der Waals surface area contributed by atoms with E-state index in [1.165, 1.54) is 27.7 Å². The lowest BCUT2D eigenvalue weighted by Crippen LogP contribution is -2.05. The third-order valence-electron chi connectivity index (χ3n) is 1.02. The van der Waals surface area contributed by atoms with Gasteiger partial charge in [0.2, 0.25) is 0 Å². The van der Waals surface area contributed by atoms with Crippen LogP contribution >= 0.6 is 14.6 Å². The molecule has 2 atom stereocenters. The van der Waals surface area contributed by atoms with Crippen LogP contribution in [-0.4, -0.2) is 22.0 Å². The van der Waals surface area contributed by atoms with Gasteiger partial charge in [0.25, 0.3) is 0 Å². The Morgan fingerprint density at radius 3 is 1.21 bits per heavy atom. The Labute approximate surface area is 83.2 Å². The molecule has 0 saturated heterocycles. The second kappa shape index (κ2) is 4.88. The zero-order valence-electron chi connectivity index (χ0n) is 8.58. The molecule has 0 aliphatic rings. The summed E-state index contributed by atoms with van der Waals surface area (Å²) in [6.45, 7) is 5.94. The summed E-state index contributed by atoms with van der Waals surface area (Å²) in [6.07, 6.45) is -1.25. The van der Waals surface area contributed by atoms with Crippen LogP contribution in [-0.2, 0) is 18.2 Å². The Morgan fingerprint density at radius 2 is 1.07 bits per heavy atom. The van der Waals surface area contributed by atoms with Crippen LogP contribution in [0.15, 0.2) is 0 Å². The molecule has 6 nitrogen and oxygen atoms in total. The first-order chi connectivity index (χ1) is 6.08. The van der Waals surface area contributed by atoms with E-state index >= 15 is 0 Å². The van der Waals surface area contributed by atoms with Crippen molar-refractivity contribution in [2.75, 3.05) is 0 Å². The van der Waals surface area contributed by atoms with E-state index in [4.69, 9.17) is 9.79 Å². The summed E-state index contributed by atoms with van der Waals surface area (Å²) in [4.78, 5) is 18.3. The molecule has 14 heavy (non-hydrogen) atoms. The summed E-state index contributed by atoms with van der Waals surface area (Å²) in [7, 11) is -9.23. The molecule has 0 spiro atoms. The van der Waals surface area contributed by atoms with Gasteiger partial charge in [-0.25, -0.2) is 9.13 Å². The van der Waals surface area contributed by atoms with Crippen molar-refractivity contribution < 1.29 is 28.0 Å². The molecule has 86 valence electrons. The summed E-state index contributed by atoms with van der Waals surface area (Å²) in [6, 6.07) is 0. The molecule has 0 saturated carbocycles. The third kappa shape index (κ3) is 4.22. The molecule has 0 aromatic heterocycles. The quantitative estimate of drug-likeness (QED) is 0.721. The molecular formula is C6H16O6P2. The van der Waals surface area contributed by atoms with Gasteiger partial charge < -0.3 is 9.79 Å². The minimum absolute atomic E-state index is 0.623. The lowest BCUT2D eigenvalue weighted by atomic mass is 10.5. The normalized spacial score (nSPS) is 20.9. The van der Waals surface area contributed by atoms with Gasteiger partial charge in [-0.15, -0.1) is 0 Å². The summed E-state index contributed by atoms with van der Waals surface area (Å²) < 4.78 is 31.5. The molecule has 0 heterocycles. The van der Waals surface area contributed by atoms with Gasteiger partial charge in [-0.3, -0.25) is 9.05 Å². The minimum Gasteiger partial charge on any atom is -0.316 e. The van der Waals surface area contributed by atoms with Crippen molar-refractivity contribution in [3.63, 3.8) is 0 Å². The maximum atomic E-state index is 11.3. The molecule has 0 aliphatic carbocycles. The summed E-state index contributed by atoms with van der Waals surface area (Å²) in [5, 5.41) is 0. The molecule has 8 heteroatoms. The Morgan fingerprint density at radius 1 is 0.857 bits per heavy atom. The van der Waals surface area contributed by atoms with E-state index in [2.05, 4.69) is 9.05 Å². The molecule has 0 rings (SSSR count). The SMILES string of the molecule is CC(C)OP(=O)(O)P(=O)(O)OC(C)C. The van der Waals surface area contributed by atoms with E-state index in [-0.39, 0.29) is 0 Å². The zero-order valence-corrected chi connectivity index (χ0v) is 10.4. The summed E-state index contributed by atoms with van der Waals surface area (Å²) >= 11 is 0. The van der Waals surface area contributed by atoms with Crippen molar-refractivity contribution in [3.8, 4) is 0 Å². The molecule has 0 radical (unpaired) electrons. The number of hydrogen-bond acceptors (Lipinski definition) is 4. The van der Waals surface area contributed by atoms with Gasteiger partial charge in [-0.2, -0.15) is 0 Å². The molecule has 0 aromatic carbocycles. The van der Waals surface area contributed by atoms with E-state index in [1.807, 2.05) is 0 Å². The van der Waals surface area contributed by atoms with Crippen LogP contribution in [0.5, 0.6) is 0 Å². The van der Waals surface area contributed by atoms with Gasteiger partial charge in [0.15, 0.2) is 0 Å². The highest BCUT2D eigenvalue weighted by Gasteiger charge is 2.46. The first-order valence-corrected chi connectivity index (χ1v) is 7.97. The van der Waals surface area contributed by atoms with Crippen LogP contribution in [0.2, 0.25) is 0 Å². The van der Waals surface area contributed by atoms with Gasteiger partial charge in [-0.05, 0) is 27.7 Å². The topological polar surface area (TPSA) is 93.1 Å². The lowest BCUT2D eigenvalue weighted by Gasteiger charge is -2.20. The van der Waals surface area contributed by atoms with Gasteiger partial charge in [-0.1, -0.05) is 0 Å². The first kappa shape index (κ1) is 14.3. The average molecular weight is 246 g/mol.